The zero-order valence-corrected chi connectivity index (χ0v) is 15.7. The van der Waals surface area contributed by atoms with E-state index in [9.17, 15) is 13.2 Å². The molecule has 1 aliphatic rings. The Morgan fingerprint density at radius 2 is 2.04 bits per heavy atom. The monoisotopic (exact) mass is 407 g/mol. The van der Waals surface area contributed by atoms with E-state index in [2.05, 4.69) is 10.4 Å². The van der Waals surface area contributed by atoms with E-state index in [0.717, 1.165) is 28.6 Å². The number of hydrogen-bond donors (Lipinski definition) is 1. The topological polar surface area (TPSA) is 39.1 Å². The lowest BCUT2D eigenvalue weighted by Gasteiger charge is -2.15. The number of fused-ring (bicyclic) bond motifs is 1. The molecule has 2 heterocycles. The fraction of sp³-hybridized carbons (Fsp3) is 0.250. The standard InChI is InChI=1S/C20H17ClF3N3O/c1-28-14-4-2-3-12(9-14)10-17-15-7-8-25-19(15)27(26-17)18-6-5-13(21)11-16(18)20(22,23)24/h2-6,9,11,25H,7-8,10H2,1H3. The van der Waals surface area contributed by atoms with E-state index in [1.54, 1.807) is 7.11 Å². The van der Waals surface area contributed by atoms with Gasteiger partial charge in [-0.3, -0.25) is 0 Å². The Labute approximate surface area is 164 Å². The summed E-state index contributed by atoms with van der Waals surface area (Å²) in [5.41, 5.74) is 1.81. The maximum atomic E-state index is 13.6. The number of aromatic nitrogens is 2. The largest absolute Gasteiger partial charge is 0.497 e. The van der Waals surface area contributed by atoms with Crippen LogP contribution in [0.1, 0.15) is 22.4 Å². The van der Waals surface area contributed by atoms with Crippen molar-refractivity contribution in [1.82, 2.24) is 9.78 Å². The fourth-order valence-electron chi connectivity index (χ4n) is 3.46. The number of benzene rings is 2. The van der Waals surface area contributed by atoms with Crippen LogP contribution in [0.25, 0.3) is 5.69 Å². The van der Waals surface area contributed by atoms with Gasteiger partial charge < -0.3 is 10.1 Å². The highest BCUT2D eigenvalue weighted by Crippen LogP contribution is 2.38. The van der Waals surface area contributed by atoms with Gasteiger partial charge in [0.05, 0.1) is 24.1 Å². The molecule has 146 valence electrons. The van der Waals surface area contributed by atoms with Crippen molar-refractivity contribution in [2.45, 2.75) is 19.0 Å². The Kier molecular flexibility index (Phi) is 4.71. The molecule has 2 aromatic carbocycles. The molecule has 0 atom stereocenters. The van der Waals surface area contributed by atoms with E-state index in [0.29, 0.717) is 25.2 Å². The molecule has 0 fully saturated rings. The molecule has 4 nitrogen and oxygen atoms in total. The van der Waals surface area contributed by atoms with E-state index in [-0.39, 0.29) is 10.7 Å². The normalized spacial score (nSPS) is 13.3. The van der Waals surface area contributed by atoms with Crippen molar-refractivity contribution in [3.63, 3.8) is 0 Å². The van der Waals surface area contributed by atoms with E-state index >= 15 is 0 Å². The molecule has 3 aromatic rings. The second kappa shape index (κ2) is 7.05. The summed E-state index contributed by atoms with van der Waals surface area (Å²) >= 11 is 5.81. The van der Waals surface area contributed by atoms with Crippen LogP contribution in [-0.4, -0.2) is 23.4 Å². The molecule has 0 spiro atoms. The molecule has 8 heteroatoms. The molecule has 1 aromatic heterocycles. The Hall–Kier alpha value is -2.67. The van der Waals surface area contributed by atoms with Crippen LogP contribution in [0.15, 0.2) is 42.5 Å². The zero-order valence-electron chi connectivity index (χ0n) is 15.0. The highest BCUT2D eigenvalue weighted by molar-refractivity contribution is 6.30. The minimum Gasteiger partial charge on any atom is -0.497 e. The van der Waals surface area contributed by atoms with Crippen LogP contribution in [0, 0.1) is 0 Å². The van der Waals surface area contributed by atoms with Crippen molar-refractivity contribution in [2.75, 3.05) is 19.0 Å². The van der Waals surface area contributed by atoms with Crippen LogP contribution in [0.2, 0.25) is 5.02 Å². The molecule has 0 radical (unpaired) electrons. The van der Waals surface area contributed by atoms with Gasteiger partial charge in [-0.1, -0.05) is 23.7 Å². The molecular formula is C20H17ClF3N3O. The van der Waals surface area contributed by atoms with Crippen LogP contribution in [0.3, 0.4) is 0 Å². The van der Waals surface area contributed by atoms with Crippen molar-refractivity contribution in [2.24, 2.45) is 0 Å². The summed E-state index contributed by atoms with van der Waals surface area (Å²) in [4.78, 5) is 0. The number of alkyl halides is 3. The number of methoxy groups -OCH3 is 1. The molecule has 0 saturated heterocycles. The molecule has 1 N–H and O–H groups in total. The number of ether oxygens (including phenoxy) is 1. The van der Waals surface area contributed by atoms with Crippen LogP contribution in [-0.2, 0) is 19.0 Å². The maximum Gasteiger partial charge on any atom is 0.418 e. The lowest BCUT2D eigenvalue weighted by atomic mass is 10.1. The van der Waals surface area contributed by atoms with Gasteiger partial charge in [0.2, 0.25) is 0 Å². The molecule has 0 aliphatic carbocycles. The van der Waals surface area contributed by atoms with Crippen LogP contribution in [0.4, 0.5) is 19.0 Å². The average molecular weight is 408 g/mol. The summed E-state index contributed by atoms with van der Waals surface area (Å²) in [6.45, 7) is 0.660. The lowest BCUT2D eigenvalue weighted by Crippen LogP contribution is -2.13. The van der Waals surface area contributed by atoms with Gasteiger partial charge in [0.25, 0.3) is 0 Å². The average Bonchev–Trinajstić information content (AvgIpc) is 3.25. The van der Waals surface area contributed by atoms with Crippen molar-refractivity contribution in [1.29, 1.82) is 0 Å². The van der Waals surface area contributed by atoms with E-state index < -0.39 is 11.7 Å². The predicted octanol–water partition coefficient (Wildman–Crippen LogP) is 5.11. The predicted molar refractivity (Wildman–Crippen MR) is 102 cm³/mol. The molecule has 0 bridgehead atoms. The second-order valence-corrected chi connectivity index (χ2v) is 6.99. The van der Waals surface area contributed by atoms with Crippen LogP contribution in [0.5, 0.6) is 5.75 Å². The first-order valence-corrected chi connectivity index (χ1v) is 9.09. The quantitative estimate of drug-likeness (QED) is 0.653. The minimum absolute atomic E-state index is 0.0319. The van der Waals surface area contributed by atoms with Crippen molar-refractivity contribution in [3.8, 4) is 11.4 Å². The zero-order chi connectivity index (χ0) is 19.9. The number of anilines is 1. The molecule has 28 heavy (non-hydrogen) atoms. The van der Waals surface area contributed by atoms with Crippen molar-refractivity contribution >= 4 is 17.4 Å². The van der Waals surface area contributed by atoms with Crippen molar-refractivity contribution < 1.29 is 17.9 Å². The third-order valence-corrected chi connectivity index (χ3v) is 4.97. The highest BCUT2D eigenvalue weighted by Gasteiger charge is 2.36. The number of hydrogen-bond acceptors (Lipinski definition) is 3. The Bertz CT molecular complexity index is 1030. The Balaban J connectivity index is 1.80. The van der Waals surface area contributed by atoms with E-state index in [1.165, 1.54) is 16.8 Å². The summed E-state index contributed by atoms with van der Waals surface area (Å²) in [5, 5.41) is 7.72. The molecule has 0 amide bonds. The Morgan fingerprint density at radius 3 is 2.79 bits per heavy atom. The van der Waals surface area contributed by atoms with Gasteiger partial charge in [-0.2, -0.15) is 18.3 Å². The van der Waals surface area contributed by atoms with Gasteiger partial charge in [-0.05, 0) is 42.3 Å². The van der Waals surface area contributed by atoms with Gasteiger partial charge >= 0.3 is 6.18 Å². The number of rotatable bonds is 4. The second-order valence-electron chi connectivity index (χ2n) is 6.55. The van der Waals surface area contributed by atoms with Gasteiger partial charge in [-0.15, -0.1) is 0 Å². The van der Waals surface area contributed by atoms with Crippen LogP contribution < -0.4 is 10.1 Å². The first-order chi connectivity index (χ1) is 13.4. The van der Waals surface area contributed by atoms with Crippen molar-refractivity contribution in [3.05, 3.63) is 69.9 Å². The summed E-state index contributed by atoms with van der Waals surface area (Å²) in [7, 11) is 1.59. The molecule has 4 rings (SSSR count). The van der Waals surface area contributed by atoms with Gasteiger partial charge in [0, 0.05) is 23.6 Å². The summed E-state index contributed by atoms with van der Waals surface area (Å²) < 4.78 is 47.3. The van der Waals surface area contributed by atoms with Gasteiger partial charge in [0.1, 0.15) is 11.6 Å². The smallest absolute Gasteiger partial charge is 0.418 e. The first-order valence-electron chi connectivity index (χ1n) is 8.71. The van der Waals surface area contributed by atoms with Crippen LogP contribution >= 0.6 is 11.6 Å². The van der Waals surface area contributed by atoms with Gasteiger partial charge in [-0.25, -0.2) is 4.68 Å². The third-order valence-electron chi connectivity index (χ3n) is 4.73. The fourth-order valence-corrected chi connectivity index (χ4v) is 3.63. The highest BCUT2D eigenvalue weighted by atomic mass is 35.5. The van der Waals surface area contributed by atoms with E-state index in [4.69, 9.17) is 16.3 Å². The number of nitrogens with one attached hydrogen (secondary N) is 1. The molecule has 0 saturated carbocycles. The number of nitrogens with zero attached hydrogens (tertiary/aromatic N) is 2. The minimum atomic E-state index is -4.54. The summed E-state index contributed by atoms with van der Waals surface area (Å²) in [6, 6.07) is 11.3. The SMILES string of the molecule is COc1cccc(Cc2nn(-c3ccc(Cl)cc3C(F)(F)F)c3c2CCN3)c1. The number of halogens is 4. The third kappa shape index (κ3) is 3.42. The lowest BCUT2D eigenvalue weighted by molar-refractivity contribution is -0.137. The Morgan fingerprint density at radius 1 is 1.21 bits per heavy atom. The summed E-state index contributed by atoms with van der Waals surface area (Å²) in [6.07, 6.45) is -3.32. The van der Waals surface area contributed by atoms with Gasteiger partial charge in [0.15, 0.2) is 0 Å². The molecular weight excluding hydrogens is 391 g/mol. The summed E-state index contributed by atoms with van der Waals surface area (Å²) in [5.74, 6) is 1.33. The van der Waals surface area contributed by atoms with E-state index in [1.807, 2.05) is 24.3 Å². The maximum absolute atomic E-state index is 13.6. The molecule has 1 aliphatic heterocycles. The molecule has 0 unspecified atom stereocenters. The first kappa shape index (κ1) is 18.7.